The highest BCUT2D eigenvalue weighted by atomic mass is 35.5. The van der Waals surface area contributed by atoms with Crippen LogP contribution in [0, 0.1) is 13.8 Å². The van der Waals surface area contributed by atoms with E-state index in [-0.39, 0.29) is 6.42 Å². The maximum absolute atomic E-state index is 12.1. The minimum absolute atomic E-state index is 0.296. The van der Waals surface area contributed by atoms with Crippen molar-refractivity contribution < 1.29 is 14.3 Å². The first-order chi connectivity index (χ1) is 11.4. The zero-order chi connectivity index (χ0) is 17.7. The molecule has 24 heavy (non-hydrogen) atoms. The highest BCUT2D eigenvalue weighted by Gasteiger charge is 2.13. The summed E-state index contributed by atoms with van der Waals surface area (Å²) in [5, 5.41) is 5.80. The Labute approximate surface area is 146 Å². The SMILES string of the molecule is COc1ccc(NC(=O)CC(=O)Nc2c(C)cc(C)cc2Cl)cc1. The summed E-state index contributed by atoms with van der Waals surface area (Å²) in [4.78, 5) is 24.0. The molecule has 0 radical (unpaired) electrons. The molecule has 2 N–H and O–H groups in total. The average molecular weight is 347 g/mol. The largest absolute Gasteiger partial charge is 0.497 e. The zero-order valence-corrected chi connectivity index (χ0v) is 14.5. The fraction of sp³-hybridized carbons (Fsp3) is 0.222. The van der Waals surface area contributed by atoms with Crippen molar-refractivity contribution in [2.75, 3.05) is 17.7 Å². The monoisotopic (exact) mass is 346 g/mol. The lowest BCUT2D eigenvalue weighted by atomic mass is 10.1. The number of aryl methyl sites for hydroxylation is 2. The van der Waals surface area contributed by atoms with Crippen molar-refractivity contribution >= 4 is 34.8 Å². The van der Waals surface area contributed by atoms with Crippen LogP contribution in [0.25, 0.3) is 0 Å². The van der Waals surface area contributed by atoms with Gasteiger partial charge in [0.2, 0.25) is 11.8 Å². The highest BCUT2D eigenvalue weighted by Crippen LogP contribution is 2.27. The van der Waals surface area contributed by atoms with E-state index in [1.807, 2.05) is 19.9 Å². The number of halogens is 1. The Morgan fingerprint density at radius 3 is 2.25 bits per heavy atom. The third-order valence-electron chi connectivity index (χ3n) is 3.39. The van der Waals surface area contributed by atoms with Gasteiger partial charge in [0.25, 0.3) is 0 Å². The Bertz CT molecular complexity index is 734. The maximum Gasteiger partial charge on any atom is 0.233 e. The molecule has 5 nitrogen and oxygen atoms in total. The number of benzene rings is 2. The van der Waals surface area contributed by atoms with Crippen molar-refractivity contribution in [1.29, 1.82) is 0 Å². The van der Waals surface area contributed by atoms with Crippen LogP contribution in [0.5, 0.6) is 5.75 Å². The van der Waals surface area contributed by atoms with Gasteiger partial charge >= 0.3 is 0 Å². The molecular formula is C18H19ClN2O3. The zero-order valence-electron chi connectivity index (χ0n) is 13.8. The Kier molecular flexibility index (Phi) is 5.82. The summed E-state index contributed by atoms with van der Waals surface area (Å²) in [5.41, 5.74) is 2.99. The van der Waals surface area contributed by atoms with Gasteiger partial charge in [0.1, 0.15) is 12.2 Å². The quantitative estimate of drug-likeness (QED) is 0.806. The first kappa shape index (κ1) is 17.8. The van der Waals surface area contributed by atoms with Crippen LogP contribution in [-0.2, 0) is 9.59 Å². The molecule has 2 aromatic rings. The molecule has 0 aliphatic rings. The Morgan fingerprint density at radius 1 is 1.04 bits per heavy atom. The number of amides is 2. The molecule has 2 rings (SSSR count). The molecule has 0 aliphatic carbocycles. The molecule has 2 aromatic carbocycles. The second kappa shape index (κ2) is 7.84. The molecule has 0 aromatic heterocycles. The van der Waals surface area contributed by atoms with Gasteiger partial charge in [-0.05, 0) is 55.3 Å². The predicted octanol–water partition coefficient (Wildman–Crippen LogP) is 3.93. The number of hydrogen-bond donors (Lipinski definition) is 2. The van der Waals surface area contributed by atoms with Gasteiger partial charge in [0, 0.05) is 5.69 Å². The van der Waals surface area contributed by atoms with E-state index in [4.69, 9.17) is 16.3 Å². The summed E-state index contributed by atoms with van der Waals surface area (Å²) in [5.74, 6) is -0.136. The molecule has 0 heterocycles. The van der Waals surface area contributed by atoms with Gasteiger partial charge in [-0.25, -0.2) is 0 Å². The topological polar surface area (TPSA) is 67.4 Å². The number of carbonyl (C=O) groups excluding carboxylic acids is 2. The van der Waals surface area contributed by atoms with Crippen LogP contribution in [0.15, 0.2) is 36.4 Å². The number of rotatable bonds is 5. The van der Waals surface area contributed by atoms with Crippen molar-refractivity contribution in [1.82, 2.24) is 0 Å². The number of anilines is 2. The third kappa shape index (κ3) is 4.73. The van der Waals surface area contributed by atoms with Gasteiger partial charge in [-0.2, -0.15) is 0 Å². The van der Waals surface area contributed by atoms with Crippen LogP contribution in [0.1, 0.15) is 17.5 Å². The van der Waals surface area contributed by atoms with Crippen molar-refractivity contribution in [3.05, 3.63) is 52.5 Å². The van der Waals surface area contributed by atoms with Gasteiger partial charge in [0.15, 0.2) is 0 Å². The first-order valence-electron chi connectivity index (χ1n) is 7.39. The molecule has 0 unspecified atom stereocenters. The minimum atomic E-state index is -0.421. The summed E-state index contributed by atoms with van der Waals surface area (Å²) in [7, 11) is 1.57. The average Bonchev–Trinajstić information content (AvgIpc) is 2.51. The predicted molar refractivity (Wildman–Crippen MR) is 95.8 cm³/mol. The van der Waals surface area contributed by atoms with Gasteiger partial charge in [-0.1, -0.05) is 17.7 Å². The molecule has 0 fully saturated rings. The second-order valence-electron chi connectivity index (χ2n) is 5.44. The smallest absolute Gasteiger partial charge is 0.233 e. The van der Waals surface area contributed by atoms with Gasteiger partial charge in [0.05, 0.1) is 17.8 Å². The van der Waals surface area contributed by atoms with Crippen LogP contribution >= 0.6 is 11.6 Å². The number of ether oxygens (including phenoxy) is 1. The number of methoxy groups -OCH3 is 1. The lowest BCUT2D eigenvalue weighted by Gasteiger charge is -2.12. The van der Waals surface area contributed by atoms with E-state index < -0.39 is 11.8 Å². The normalized spacial score (nSPS) is 10.2. The molecule has 0 spiro atoms. The number of nitrogens with one attached hydrogen (secondary N) is 2. The summed E-state index contributed by atoms with van der Waals surface area (Å²) < 4.78 is 5.05. The Hall–Kier alpha value is -2.53. The Balaban J connectivity index is 1.95. The molecule has 0 aliphatic heterocycles. The van der Waals surface area contributed by atoms with E-state index >= 15 is 0 Å². The van der Waals surface area contributed by atoms with Crippen LogP contribution in [0.3, 0.4) is 0 Å². The summed E-state index contributed by atoms with van der Waals surface area (Å²) >= 11 is 6.15. The van der Waals surface area contributed by atoms with E-state index in [2.05, 4.69) is 10.6 Å². The number of hydrogen-bond acceptors (Lipinski definition) is 3. The molecular weight excluding hydrogens is 328 g/mol. The van der Waals surface area contributed by atoms with Crippen molar-refractivity contribution in [3.8, 4) is 5.75 Å². The van der Waals surface area contributed by atoms with Gasteiger partial charge < -0.3 is 15.4 Å². The van der Waals surface area contributed by atoms with Crippen molar-refractivity contribution in [3.63, 3.8) is 0 Å². The first-order valence-corrected chi connectivity index (χ1v) is 7.77. The fourth-order valence-electron chi connectivity index (χ4n) is 2.28. The van der Waals surface area contributed by atoms with E-state index in [0.29, 0.717) is 22.1 Å². The fourth-order valence-corrected chi connectivity index (χ4v) is 2.65. The van der Waals surface area contributed by atoms with E-state index in [1.165, 1.54) is 0 Å². The van der Waals surface area contributed by atoms with E-state index in [0.717, 1.165) is 11.1 Å². The molecule has 0 saturated heterocycles. The lowest BCUT2D eigenvalue weighted by Crippen LogP contribution is -2.22. The van der Waals surface area contributed by atoms with Crippen molar-refractivity contribution in [2.24, 2.45) is 0 Å². The highest BCUT2D eigenvalue weighted by molar-refractivity contribution is 6.34. The number of carbonyl (C=O) groups is 2. The maximum atomic E-state index is 12.1. The molecule has 6 heteroatoms. The standard InChI is InChI=1S/C18H19ClN2O3/c1-11-8-12(2)18(15(19)9-11)21-17(23)10-16(22)20-13-4-6-14(24-3)7-5-13/h4-9H,10H2,1-3H3,(H,20,22)(H,21,23). The van der Waals surface area contributed by atoms with Crippen LogP contribution in [-0.4, -0.2) is 18.9 Å². The molecule has 0 bridgehead atoms. The van der Waals surface area contributed by atoms with Crippen LogP contribution in [0.2, 0.25) is 5.02 Å². The van der Waals surface area contributed by atoms with Gasteiger partial charge in [-0.15, -0.1) is 0 Å². The molecule has 126 valence electrons. The van der Waals surface area contributed by atoms with Crippen LogP contribution < -0.4 is 15.4 Å². The molecule has 0 saturated carbocycles. The Morgan fingerprint density at radius 2 is 1.67 bits per heavy atom. The third-order valence-corrected chi connectivity index (χ3v) is 3.69. The molecule has 2 amide bonds. The minimum Gasteiger partial charge on any atom is -0.497 e. The summed E-state index contributed by atoms with van der Waals surface area (Å²) in [6, 6.07) is 10.5. The lowest BCUT2D eigenvalue weighted by molar-refractivity contribution is -0.123. The second-order valence-corrected chi connectivity index (χ2v) is 5.85. The molecule has 0 atom stereocenters. The van der Waals surface area contributed by atoms with Crippen molar-refractivity contribution in [2.45, 2.75) is 20.3 Å². The summed E-state index contributed by atoms with van der Waals surface area (Å²) in [6.45, 7) is 3.78. The van der Waals surface area contributed by atoms with E-state index in [1.54, 1.807) is 37.4 Å². The van der Waals surface area contributed by atoms with Gasteiger partial charge in [-0.3, -0.25) is 9.59 Å². The van der Waals surface area contributed by atoms with E-state index in [9.17, 15) is 9.59 Å². The van der Waals surface area contributed by atoms with Crippen LogP contribution in [0.4, 0.5) is 11.4 Å². The summed E-state index contributed by atoms with van der Waals surface area (Å²) in [6.07, 6.45) is -0.296.